The minimum absolute atomic E-state index is 0.101. The maximum Gasteiger partial charge on any atom is 0.371 e. The third kappa shape index (κ3) is 2.67. The number of hydrogen-bond acceptors (Lipinski definition) is 6. The number of aromatic nitrogens is 2. The van der Waals surface area contributed by atoms with Crippen molar-refractivity contribution >= 4 is 23.4 Å². The van der Waals surface area contributed by atoms with Crippen LogP contribution >= 0.6 is 11.5 Å². The van der Waals surface area contributed by atoms with Gasteiger partial charge in [0.2, 0.25) is 5.76 Å². The average molecular weight is 253 g/mol. The summed E-state index contributed by atoms with van der Waals surface area (Å²) < 4.78 is 8.52. The van der Waals surface area contributed by atoms with Crippen LogP contribution in [0.1, 0.15) is 26.8 Å². The normalized spacial score (nSPS) is 10.1. The quantitative estimate of drug-likeness (QED) is 0.833. The highest BCUT2D eigenvalue weighted by Gasteiger charge is 2.11. The topological polar surface area (TPSA) is 105 Å². The number of nitrogens with one attached hydrogen (secondary N) is 1. The van der Waals surface area contributed by atoms with E-state index in [2.05, 4.69) is 14.9 Å². The van der Waals surface area contributed by atoms with Crippen LogP contribution < -0.4 is 5.32 Å². The number of carboxylic acid groups (broad SMARTS) is 1. The van der Waals surface area contributed by atoms with E-state index in [1.165, 1.54) is 17.5 Å². The molecule has 0 saturated carbocycles. The van der Waals surface area contributed by atoms with E-state index in [1.54, 1.807) is 0 Å². The lowest BCUT2D eigenvalue weighted by Gasteiger charge is -1.99. The number of nitrogens with zero attached hydrogens (tertiary/aromatic N) is 2. The van der Waals surface area contributed by atoms with E-state index in [0.29, 0.717) is 5.76 Å². The van der Waals surface area contributed by atoms with Gasteiger partial charge in [-0.3, -0.25) is 4.79 Å². The third-order valence-corrected chi connectivity index (χ3v) is 2.39. The predicted octanol–water partition coefficient (Wildman–Crippen LogP) is 0.759. The van der Waals surface area contributed by atoms with Crippen LogP contribution in [0.15, 0.2) is 21.9 Å². The molecule has 0 unspecified atom stereocenters. The molecular weight excluding hydrogens is 246 g/mol. The van der Waals surface area contributed by atoms with E-state index < -0.39 is 5.97 Å². The first-order chi connectivity index (χ1) is 8.16. The van der Waals surface area contributed by atoms with E-state index in [0.717, 1.165) is 11.5 Å². The molecule has 0 bridgehead atoms. The smallest absolute Gasteiger partial charge is 0.371 e. The molecule has 2 heterocycles. The first-order valence-electron chi connectivity index (χ1n) is 4.54. The van der Waals surface area contributed by atoms with Crippen LogP contribution in [0.25, 0.3) is 0 Å². The lowest BCUT2D eigenvalue weighted by atomic mass is 10.4. The molecule has 0 aliphatic heterocycles. The molecule has 2 aromatic heterocycles. The highest BCUT2D eigenvalue weighted by Crippen LogP contribution is 2.07. The Morgan fingerprint density at radius 1 is 1.47 bits per heavy atom. The third-order valence-electron chi connectivity index (χ3n) is 1.89. The van der Waals surface area contributed by atoms with Crippen molar-refractivity contribution in [3.63, 3.8) is 0 Å². The monoisotopic (exact) mass is 253 g/mol. The minimum atomic E-state index is -1.15. The molecule has 0 atom stereocenters. The molecule has 1 amide bonds. The van der Waals surface area contributed by atoms with E-state index in [9.17, 15) is 9.59 Å². The average Bonchev–Trinajstić information content (AvgIpc) is 2.97. The van der Waals surface area contributed by atoms with Crippen LogP contribution in [-0.4, -0.2) is 26.6 Å². The fourth-order valence-corrected chi connectivity index (χ4v) is 1.55. The van der Waals surface area contributed by atoms with Crippen molar-refractivity contribution in [2.24, 2.45) is 0 Å². The van der Waals surface area contributed by atoms with Gasteiger partial charge in [-0.15, -0.1) is 5.10 Å². The van der Waals surface area contributed by atoms with E-state index in [1.807, 2.05) is 0 Å². The van der Waals surface area contributed by atoms with Gasteiger partial charge in [-0.1, -0.05) is 4.49 Å². The Labute approximate surface area is 99.2 Å². The van der Waals surface area contributed by atoms with Crippen molar-refractivity contribution in [1.29, 1.82) is 0 Å². The number of furan rings is 1. The summed E-state index contributed by atoms with van der Waals surface area (Å²) in [6.45, 7) is 0.101. The van der Waals surface area contributed by atoms with Crippen LogP contribution in [0.4, 0.5) is 0 Å². The van der Waals surface area contributed by atoms with Crippen molar-refractivity contribution in [3.05, 3.63) is 34.7 Å². The molecule has 2 aromatic rings. The largest absolute Gasteiger partial charge is 0.475 e. The molecule has 17 heavy (non-hydrogen) atoms. The van der Waals surface area contributed by atoms with Gasteiger partial charge in [-0.25, -0.2) is 4.79 Å². The molecule has 0 aromatic carbocycles. The molecule has 0 radical (unpaired) electrons. The summed E-state index contributed by atoms with van der Waals surface area (Å²) in [5.74, 6) is -1.33. The molecule has 0 saturated heterocycles. The Hall–Kier alpha value is -2.22. The van der Waals surface area contributed by atoms with E-state index >= 15 is 0 Å². The first-order valence-corrected chi connectivity index (χ1v) is 5.38. The zero-order valence-electron chi connectivity index (χ0n) is 8.41. The lowest BCUT2D eigenvalue weighted by Crippen LogP contribution is -2.22. The second-order valence-electron chi connectivity index (χ2n) is 3.04. The number of aromatic carboxylic acids is 1. The molecule has 2 rings (SSSR count). The summed E-state index contributed by atoms with van der Waals surface area (Å²) in [6.07, 6.45) is 0. The van der Waals surface area contributed by atoms with Crippen LogP contribution in [-0.2, 0) is 6.54 Å². The van der Waals surface area contributed by atoms with Crippen LogP contribution in [0, 0.1) is 0 Å². The van der Waals surface area contributed by atoms with Crippen molar-refractivity contribution in [3.8, 4) is 0 Å². The highest BCUT2D eigenvalue weighted by molar-refractivity contribution is 7.03. The Bertz CT molecular complexity index is 534. The molecule has 7 nitrogen and oxygen atoms in total. The van der Waals surface area contributed by atoms with Gasteiger partial charge in [0.25, 0.3) is 5.91 Å². The fraction of sp³-hybridized carbons (Fsp3) is 0.111. The van der Waals surface area contributed by atoms with Gasteiger partial charge < -0.3 is 14.8 Å². The van der Waals surface area contributed by atoms with Gasteiger partial charge in [-0.2, -0.15) is 0 Å². The molecule has 0 aliphatic carbocycles. The number of amides is 1. The highest BCUT2D eigenvalue weighted by atomic mass is 32.1. The second-order valence-corrected chi connectivity index (χ2v) is 3.65. The Morgan fingerprint density at radius 3 is 2.88 bits per heavy atom. The lowest BCUT2D eigenvalue weighted by molar-refractivity contribution is 0.0660. The number of carbonyl (C=O) groups excluding carboxylic acids is 1. The van der Waals surface area contributed by atoms with Crippen molar-refractivity contribution < 1.29 is 19.1 Å². The molecule has 0 spiro atoms. The summed E-state index contributed by atoms with van der Waals surface area (Å²) in [5.41, 5.74) is 0.222. The Kier molecular flexibility index (Phi) is 3.15. The van der Waals surface area contributed by atoms with E-state index in [-0.39, 0.29) is 23.9 Å². The van der Waals surface area contributed by atoms with Crippen molar-refractivity contribution in [1.82, 2.24) is 14.9 Å². The fourth-order valence-electron chi connectivity index (χ4n) is 1.11. The molecule has 8 heteroatoms. The zero-order valence-corrected chi connectivity index (χ0v) is 9.23. The van der Waals surface area contributed by atoms with E-state index in [4.69, 9.17) is 9.52 Å². The number of carbonyl (C=O) groups is 2. The molecule has 0 fully saturated rings. The molecular formula is C9H7N3O4S. The maximum atomic E-state index is 11.5. The second kappa shape index (κ2) is 4.74. The molecule has 2 N–H and O–H groups in total. The van der Waals surface area contributed by atoms with Gasteiger partial charge in [-0.05, 0) is 23.7 Å². The predicted molar refractivity (Wildman–Crippen MR) is 56.7 cm³/mol. The summed E-state index contributed by atoms with van der Waals surface area (Å²) in [5, 5.41) is 16.3. The summed E-state index contributed by atoms with van der Waals surface area (Å²) >= 11 is 1.07. The van der Waals surface area contributed by atoms with Gasteiger partial charge in [0.15, 0.2) is 5.69 Å². The first kappa shape index (κ1) is 11.3. The molecule has 0 aliphatic rings. The summed E-state index contributed by atoms with van der Waals surface area (Å²) in [7, 11) is 0. The van der Waals surface area contributed by atoms with Gasteiger partial charge >= 0.3 is 5.97 Å². The van der Waals surface area contributed by atoms with Crippen LogP contribution in [0.3, 0.4) is 0 Å². The SMILES string of the molecule is O=C(NCc1ccc(C(=O)O)o1)c1csnn1. The summed E-state index contributed by atoms with van der Waals surface area (Å²) in [6, 6.07) is 2.82. The van der Waals surface area contributed by atoms with Crippen molar-refractivity contribution in [2.75, 3.05) is 0 Å². The van der Waals surface area contributed by atoms with Crippen molar-refractivity contribution in [2.45, 2.75) is 6.54 Å². The van der Waals surface area contributed by atoms with Crippen LogP contribution in [0.2, 0.25) is 0 Å². The standard InChI is InChI=1S/C9H7N3O4S/c13-8(6-4-17-12-11-6)10-3-5-1-2-7(16-5)9(14)15/h1-2,4H,3H2,(H,10,13)(H,14,15). The number of rotatable bonds is 4. The summed E-state index contributed by atoms with van der Waals surface area (Å²) in [4.78, 5) is 22.0. The maximum absolute atomic E-state index is 11.5. The molecule has 88 valence electrons. The van der Waals surface area contributed by atoms with Gasteiger partial charge in [0, 0.05) is 5.38 Å². The Balaban J connectivity index is 1.93. The van der Waals surface area contributed by atoms with Gasteiger partial charge in [0.05, 0.1) is 6.54 Å². The van der Waals surface area contributed by atoms with Crippen LogP contribution in [0.5, 0.6) is 0 Å². The minimum Gasteiger partial charge on any atom is -0.475 e. The number of carboxylic acids is 1. The Morgan fingerprint density at radius 2 is 2.29 bits per heavy atom. The zero-order chi connectivity index (χ0) is 12.3. The van der Waals surface area contributed by atoms with Gasteiger partial charge in [0.1, 0.15) is 5.76 Å². The number of hydrogen-bond donors (Lipinski definition) is 2.